The first-order valence-electron chi connectivity index (χ1n) is 7.38. The summed E-state index contributed by atoms with van der Waals surface area (Å²) in [5.74, 6) is 0.878. The van der Waals surface area contributed by atoms with E-state index in [1.54, 1.807) is 0 Å². The first-order chi connectivity index (χ1) is 7.93. The second-order valence-electron chi connectivity index (χ2n) is 7.18. The van der Waals surface area contributed by atoms with Crippen molar-refractivity contribution in [1.82, 2.24) is 10.2 Å². The van der Waals surface area contributed by atoms with Gasteiger partial charge < -0.3 is 10.2 Å². The number of nitrogens with zero attached hydrogens (tertiary/aromatic N) is 1. The maximum Gasteiger partial charge on any atom is 0.0145 e. The van der Waals surface area contributed by atoms with Crippen molar-refractivity contribution in [2.75, 3.05) is 13.6 Å². The van der Waals surface area contributed by atoms with Crippen LogP contribution in [0.2, 0.25) is 0 Å². The topological polar surface area (TPSA) is 15.3 Å². The highest BCUT2D eigenvalue weighted by atomic mass is 15.2. The van der Waals surface area contributed by atoms with Crippen LogP contribution in [0, 0.1) is 11.3 Å². The summed E-state index contributed by atoms with van der Waals surface area (Å²) in [4.78, 5) is 2.64. The predicted molar refractivity (Wildman–Crippen MR) is 74.2 cm³/mol. The summed E-state index contributed by atoms with van der Waals surface area (Å²) < 4.78 is 0. The van der Waals surface area contributed by atoms with E-state index < -0.39 is 0 Å². The van der Waals surface area contributed by atoms with Crippen molar-refractivity contribution in [3.8, 4) is 0 Å². The molecule has 3 unspecified atom stereocenters. The summed E-state index contributed by atoms with van der Waals surface area (Å²) in [6, 6.07) is 2.41. The first kappa shape index (κ1) is 13.4. The van der Waals surface area contributed by atoms with E-state index in [2.05, 4.69) is 45.0 Å². The van der Waals surface area contributed by atoms with Gasteiger partial charge in [-0.1, -0.05) is 27.7 Å². The molecule has 2 aliphatic heterocycles. The van der Waals surface area contributed by atoms with Gasteiger partial charge in [-0.3, -0.25) is 0 Å². The van der Waals surface area contributed by atoms with E-state index in [0.717, 1.165) is 24.5 Å². The van der Waals surface area contributed by atoms with Crippen LogP contribution in [0.15, 0.2) is 0 Å². The van der Waals surface area contributed by atoms with E-state index in [1.165, 1.54) is 25.7 Å². The van der Waals surface area contributed by atoms with Crippen LogP contribution >= 0.6 is 0 Å². The Labute approximate surface area is 107 Å². The Morgan fingerprint density at radius 2 is 1.71 bits per heavy atom. The summed E-state index contributed by atoms with van der Waals surface area (Å²) in [6.45, 7) is 10.5. The highest BCUT2D eigenvalue weighted by Crippen LogP contribution is 2.41. The molecule has 17 heavy (non-hydrogen) atoms. The van der Waals surface area contributed by atoms with Gasteiger partial charge in [-0.25, -0.2) is 0 Å². The molecule has 2 fully saturated rings. The molecule has 0 aromatic rings. The first-order valence-corrected chi connectivity index (χ1v) is 7.38. The fourth-order valence-electron chi connectivity index (χ4n) is 4.13. The van der Waals surface area contributed by atoms with Crippen molar-refractivity contribution in [1.29, 1.82) is 0 Å². The molecule has 0 aromatic carbocycles. The second kappa shape index (κ2) is 4.89. The van der Waals surface area contributed by atoms with E-state index in [1.807, 2.05) is 0 Å². The lowest BCUT2D eigenvalue weighted by atomic mass is 9.73. The van der Waals surface area contributed by atoms with Crippen LogP contribution in [-0.4, -0.2) is 36.6 Å². The van der Waals surface area contributed by atoms with E-state index in [4.69, 9.17) is 0 Å². The third-order valence-corrected chi connectivity index (χ3v) is 4.96. The van der Waals surface area contributed by atoms with Gasteiger partial charge in [0, 0.05) is 18.1 Å². The molecule has 2 nitrogen and oxygen atoms in total. The Bertz CT molecular complexity index is 242. The van der Waals surface area contributed by atoms with Gasteiger partial charge in [0.2, 0.25) is 0 Å². The molecular weight excluding hydrogens is 208 g/mol. The summed E-state index contributed by atoms with van der Waals surface area (Å²) in [6.07, 6.45) is 5.67. The molecule has 100 valence electrons. The molecule has 0 amide bonds. The number of nitrogens with one attached hydrogen (secondary N) is 1. The van der Waals surface area contributed by atoms with E-state index in [0.29, 0.717) is 11.5 Å². The van der Waals surface area contributed by atoms with Gasteiger partial charge in [0.15, 0.2) is 0 Å². The molecule has 3 atom stereocenters. The number of rotatable bonds is 3. The molecule has 0 saturated carbocycles. The van der Waals surface area contributed by atoms with E-state index in [-0.39, 0.29) is 0 Å². The minimum atomic E-state index is 0.385. The van der Waals surface area contributed by atoms with Gasteiger partial charge in [0.05, 0.1) is 0 Å². The van der Waals surface area contributed by atoms with Gasteiger partial charge in [0.25, 0.3) is 0 Å². The normalized spacial score (nSPS) is 36.2. The Balaban J connectivity index is 2.06. The number of hydrogen-bond donors (Lipinski definition) is 1. The third kappa shape index (κ3) is 2.68. The average Bonchev–Trinajstić information content (AvgIpc) is 2.50. The van der Waals surface area contributed by atoms with E-state index in [9.17, 15) is 0 Å². The largest absolute Gasteiger partial charge is 0.313 e. The lowest BCUT2D eigenvalue weighted by Gasteiger charge is -2.44. The standard InChI is InChI=1S/C15H30N2/c1-6-16-14(15(2,3)4)11-9-12-7-8-13(10-11)17(12)5/h11-14,16H,6-10H2,1-5H3. The molecule has 2 bridgehead atoms. The van der Waals surface area contributed by atoms with Gasteiger partial charge in [0.1, 0.15) is 0 Å². The van der Waals surface area contributed by atoms with Crippen molar-refractivity contribution >= 4 is 0 Å². The molecule has 0 radical (unpaired) electrons. The fourth-order valence-corrected chi connectivity index (χ4v) is 4.13. The maximum atomic E-state index is 3.76. The minimum Gasteiger partial charge on any atom is -0.313 e. The number of fused-ring (bicyclic) bond motifs is 2. The van der Waals surface area contributed by atoms with Gasteiger partial charge >= 0.3 is 0 Å². The summed E-state index contributed by atoms with van der Waals surface area (Å²) in [7, 11) is 2.33. The Morgan fingerprint density at radius 1 is 1.18 bits per heavy atom. The summed E-state index contributed by atoms with van der Waals surface area (Å²) in [5.41, 5.74) is 0.385. The zero-order valence-corrected chi connectivity index (χ0v) is 12.3. The fraction of sp³-hybridized carbons (Fsp3) is 1.00. The Hall–Kier alpha value is -0.0800. The molecule has 0 spiro atoms. The Morgan fingerprint density at radius 3 is 2.12 bits per heavy atom. The van der Waals surface area contributed by atoms with Gasteiger partial charge in [-0.05, 0) is 50.6 Å². The SMILES string of the molecule is CCNC(C1CC2CCC(C1)N2C)C(C)(C)C. The van der Waals surface area contributed by atoms with Crippen LogP contribution in [0.25, 0.3) is 0 Å². The minimum absolute atomic E-state index is 0.385. The summed E-state index contributed by atoms with van der Waals surface area (Å²) in [5, 5.41) is 3.76. The van der Waals surface area contributed by atoms with Crippen LogP contribution < -0.4 is 5.32 Å². The molecule has 0 aromatic heterocycles. The second-order valence-corrected chi connectivity index (χ2v) is 7.18. The molecule has 1 N–H and O–H groups in total. The third-order valence-electron chi connectivity index (χ3n) is 4.96. The van der Waals surface area contributed by atoms with Crippen LogP contribution in [0.5, 0.6) is 0 Å². The van der Waals surface area contributed by atoms with Crippen LogP contribution in [-0.2, 0) is 0 Å². The van der Waals surface area contributed by atoms with E-state index >= 15 is 0 Å². The van der Waals surface area contributed by atoms with Gasteiger partial charge in [-0.2, -0.15) is 0 Å². The molecule has 2 saturated heterocycles. The molecule has 2 aliphatic rings. The zero-order chi connectivity index (χ0) is 12.6. The molecule has 2 rings (SSSR count). The van der Waals surface area contributed by atoms with Crippen LogP contribution in [0.4, 0.5) is 0 Å². The number of piperidine rings is 1. The predicted octanol–water partition coefficient (Wildman–Crippen LogP) is 2.88. The van der Waals surface area contributed by atoms with Gasteiger partial charge in [-0.15, -0.1) is 0 Å². The average molecular weight is 238 g/mol. The monoisotopic (exact) mass is 238 g/mol. The zero-order valence-electron chi connectivity index (χ0n) is 12.3. The highest BCUT2D eigenvalue weighted by molar-refractivity contribution is 4.99. The maximum absolute atomic E-state index is 3.76. The van der Waals surface area contributed by atoms with Crippen molar-refractivity contribution in [3.05, 3.63) is 0 Å². The van der Waals surface area contributed by atoms with Crippen molar-refractivity contribution in [2.45, 2.75) is 71.5 Å². The summed E-state index contributed by atoms with van der Waals surface area (Å²) >= 11 is 0. The molecule has 2 heterocycles. The lowest BCUT2D eigenvalue weighted by Crippen LogP contribution is -2.51. The smallest absolute Gasteiger partial charge is 0.0145 e. The molecule has 2 heteroatoms. The Kier molecular flexibility index (Phi) is 3.84. The molecule has 0 aliphatic carbocycles. The quantitative estimate of drug-likeness (QED) is 0.813. The lowest BCUT2D eigenvalue weighted by molar-refractivity contribution is 0.0783. The van der Waals surface area contributed by atoms with Crippen molar-refractivity contribution in [3.63, 3.8) is 0 Å². The number of hydrogen-bond acceptors (Lipinski definition) is 2. The highest BCUT2D eigenvalue weighted by Gasteiger charge is 2.43. The molecular formula is C15H30N2. The van der Waals surface area contributed by atoms with Crippen LogP contribution in [0.1, 0.15) is 53.4 Å². The van der Waals surface area contributed by atoms with Crippen molar-refractivity contribution < 1.29 is 0 Å². The van der Waals surface area contributed by atoms with Crippen LogP contribution in [0.3, 0.4) is 0 Å². The van der Waals surface area contributed by atoms with Crippen molar-refractivity contribution in [2.24, 2.45) is 11.3 Å².